The summed E-state index contributed by atoms with van der Waals surface area (Å²) in [6, 6.07) is -5.77. The Labute approximate surface area is 218 Å². The zero-order valence-corrected chi connectivity index (χ0v) is 21.0. The van der Waals surface area contributed by atoms with Crippen molar-refractivity contribution in [1.82, 2.24) is 16.0 Å². The Kier molecular flexibility index (Phi) is 15.4. The second-order valence-electron chi connectivity index (χ2n) is 8.29. The number of aliphatic hydroxyl groups excluding tert-OH is 1. The van der Waals surface area contributed by atoms with E-state index in [4.69, 9.17) is 33.8 Å². The number of carbonyl (C=O) groups is 5. The number of carboxylic acids is 2. The molecule has 0 bridgehead atoms. The summed E-state index contributed by atoms with van der Waals surface area (Å²) in [4.78, 5) is 67.9. The highest BCUT2D eigenvalue weighted by atomic mass is 16.4. The Balaban J connectivity index is 5.49. The van der Waals surface area contributed by atoms with Crippen LogP contribution in [0.5, 0.6) is 0 Å². The minimum absolute atomic E-state index is 0.0603. The summed E-state index contributed by atoms with van der Waals surface area (Å²) < 4.78 is 0. The van der Waals surface area contributed by atoms with Crippen molar-refractivity contribution in [3.05, 3.63) is 0 Å². The summed E-state index contributed by atoms with van der Waals surface area (Å²) in [7, 11) is 0. The van der Waals surface area contributed by atoms with Crippen molar-refractivity contribution in [2.24, 2.45) is 38.7 Å². The molecule has 0 aromatic heterocycles. The molecule has 18 heteroatoms. The molecule has 0 fully saturated rings. The van der Waals surface area contributed by atoms with E-state index >= 15 is 0 Å². The summed E-state index contributed by atoms with van der Waals surface area (Å²) in [6.07, 6.45) is -1.76. The SMILES string of the molecule is CC(O)C(NC(=O)C(N)CCCN=C(N)N)C(=O)NC(CCCN=C(N)N)C(=O)NC(CC(=O)O)C(=O)O. The molecule has 0 heterocycles. The van der Waals surface area contributed by atoms with Crippen molar-refractivity contribution in [3.63, 3.8) is 0 Å². The molecule has 0 aromatic rings. The fraction of sp³-hybridized carbons (Fsp3) is 0.650. The molecule has 18 nitrogen and oxygen atoms in total. The van der Waals surface area contributed by atoms with E-state index in [0.29, 0.717) is 6.42 Å². The summed E-state index contributed by atoms with van der Waals surface area (Å²) in [5.74, 6) is -6.17. The molecule has 0 spiro atoms. The number of nitrogens with one attached hydrogen (secondary N) is 3. The summed E-state index contributed by atoms with van der Waals surface area (Å²) in [5, 5.41) is 34.9. The van der Waals surface area contributed by atoms with Gasteiger partial charge in [-0.15, -0.1) is 0 Å². The van der Waals surface area contributed by atoms with Gasteiger partial charge in [-0.1, -0.05) is 0 Å². The largest absolute Gasteiger partial charge is 0.481 e. The molecule has 0 aliphatic carbocycles. The Morgan fingerprint density at radius 1 is 0.763 bits per heavy atom. The smallest absolute Gasteiger partial charge is 0.326 e. The number of aliphatic carboxylic acids is 2. The minimum Gasteiger partial charge on any atom is -0.481 e. The average Bonchev–Trinajstić information content (AvgIpc) is 2.80. The number of nitrogens with two attached hydrogens (primary N) is 5. The number of aliphatic imine (C=N–C) groups is 2. The number of rotatable bonds is 18. The van der Waals surface area contributed by atoms with Gasteiger partial charge in [-0.25, -0.2) is 4.79 Å². The molecule has 0 saturated heterocycles. The van der Waals surface area contributed by atoms with Crippen LogP contribution in [0.1, 0.15) is 39.0 Å². The van der Waals surface area contributed by atoms with Crippen LogP contribution in [0.2, 0.25) is 0 Å². The third kappa shape index (κ3) is 14.4. The van der Waals surface area contributed by atoms with Gasteiger partial charge in [0, 0.05) is 13.1 Å². The molecule has 0 aromatic carbocycles. The maximum Gasteiger partial charge on any atom is 0.326 e. The molecule has 5 unspecified atom stereocenters. The molecule has 0 rings (SSSR count). The second-order valence-corrected chi connectivity index (χ2v) is 8.29. The van der Waals surface area contributed by atoms with E-state index in [1.165, 1.54) is 6.92 Å². The monoisotopic (exact) mass is 546 g/mol. The fourth-order valence-electron chi connectivity index (χ4n) is 3.00. The van der Waals surface area contributed by atoms with E-state index in [1.54, 1.807) is 0 Å². The van der Waals surface area contributed by atoms with Crippen LogP contribution in [-0.2, 0) is 24.0 Å². The number of nitrogens with zero attached hydrogens (tertiary/aromatic N) is 2. The highest BCUT2D eigenvalue weighted by molar-refractivity contribution is 5.94. The Bertz CT molecular complexity index is 887. The van der Waals surface area contributed by atoms with Gasteiger partial charge in [0.15, 0.2) is 11.9 Å². The maximum absolute atomic E-state index is 12.9. The van der Waals surface area contributed by atoms with Gasteiger partial charge in [0.25, 0.3) is 0 Å². The van der Waals surface area contributed by atoms with Crippen molar-refractivity contribution in [3.8, 4) is 0 Å². The number of guanidine groups is 2. The molecule has 3 amide bonds. The van der Waals surface area contributed by atoms with E-state index in [0.717, 1.165) is 0 Å². The van der Waals surface area contributed by atoms with Crippen molar-refractivity contribution in [2.45, 2.75) is 69.3 Å². The van der Waals surface area contributed by atoms with Crippen LogP contribution in [-0.4, -0.2) is 100 Å². The van der Waals surface area contributed by atoms with E-state index in [1.807, 2.05) is 5.32 Å². The van der Waals surface area contributed by atoms with E-state index in [2.05, 4.69) is 20.6 Å². The lowest BCUT2D eigenvalue weighted by Crippen LogP contribution is -2.59. The van der Waals surface area contributed by atoms with Gasteiger partial charge in [-0.05, 0) is 32.6 Å². The summed E-state index contributed by atoms with van der Waals surface area (Å²) in [5.41, 5.74) is 26.8. The number of aliphatic hydroxyl groups is 1. The van der Waals surface area contributed by atoms with Crippen LogP contribution >= 0.6 is 0 Å². The maximum atomic E-state index is 12.9. The van der Waals surface area contributed by atoms with Gasteiger partial charge in [0.2, 0.25) is 17.7 Å². The molecular formula is C20H38N10O8. The predicted molar refractivity (Wildman–Crippen MR) is 135 cm³/mol. The molecule has 0 saturated carbocycles. The van der Waals surface area contributed by atoms with Crippen molar-refractivity contribution >= 4 is 41.6 Å². The molecule has 0 aliphatic heterocycles. The zero-order chi connectivity index (χ0) is 29.4. The first-order valence-electron chi connectivity index (χ1n) is 11.6. The number of amides is 3. The predicted octanol–water partition coefficient (Wildman–Crippen LogP) is -5.18. The second kappa shape index (κ2) is 17.3. The van der Waals surface area contributed by atoms with Gasteiger partial charge in [0.1, 0.15) is 18.1 Å². The lowest BCUT2D eigenvalue weighted by molar-refractivity contribution is -0.147. The Hall–Kier alpha value is -4.19. The van der Waals surface area contributed by atoms with Crippen LogP contribution in [0.25, 0.3) is 0 Å². The lowest BCUT2D eigenvalue weighted by Gasteiger charge is -2.26. The number of carbonyl (C=O) groups excluding carboxylic acids is 3. The molecule has 16 N–H and O–H groups in total. The molecular weight excluding hydrogens is 508 g/mol. The van der Waals surface area contributed by atoms with Gasteiger partial charge >= 0.3 is 11.9 Å². The first-order chi connectivity index (χ1) is 17.6. The topological polar surface area (TPSA) is 337 Å². The van der Waals surface area contributed by atoms with Crippen molar-refractivity contribution in [2.75, 3.05) is 13.1 Å². The van der Waals surface area contributed by atoms with E-state index < -0.39 is 66.4 Å². The fourth-order valence-corrected chi connectivity index (χ4v) is 3.00. The Morgan fingerprint density at radius 2 is 1.26 bits per heavy atom. The molecule has 216 valence electrons. The molecule has 38 heavy (non-hydrogen) atoms. The summed E-state index contributed by atoms with van der Waals surface area (Å²) in [6.45, 7) is 1.50. The van der Waals surface area contributed by atoms with Crippen LogP contribution in [0, 0.1) is 0 Å². The third-order valence-electron chi connectivity index (χ3n) is 4.94. The highest BCUT2D eigenvalue weighted by Gasteiger charge is 2.32. The lowest BCUT2D eigenvalue weighted by atomic mass is 10.1. The quantitative estimate of drug-likeness (QED) is 0.0435. The van der Waals surface area contributed by atoms with Crippen LogP contribution in [0.15, 0.2) is 9.98 Å². The van der Waals surface area contributed by atoms with Gasteiger partial charge in [0.05, 0.1) is 18.6 Å². The van der Waals surface area contributed by atoms with Crippen LogP contribution < -0.4 is 44.6 Å². The van der Waals surface area contributed by atoms with Crippen LogP contribution in [0.3, 0.4) is 0 Å². The first kappa shape index (κ1) is 33.8. The Morgan fingerprint density at radius 3 is 1.71 bits per heavy atom. The zero-order valence-electron chi connectivity index (χ0n) is 21.0. The third-order valence-corrected chi connectivity index (χ3v) is 4.94. The number of hydrogen-bond acceptors (Lipinski definition) is 9. The average molecular weight is 547 g/mol. The highest BCUT2D eigenvalue weighted by Crippen LogP contribution is 2.05. The number of hydrogen-bond donors (Lipinski definition) is 11. The molecule has 0 aliphatic rings. The van der Waals surface area contributed by atoms with E-state index in [9.17, 15) is 34.2 Å². The molecule has 0 radical (unpaired) electrons. The van der Waals surface area contributed by atoms with Crippen LogP contribution in [0.4, 0.5) is 0 Å². The minimum atomic E-state index is -1.78. The van der Waals surface area contributed by atoms with E-state index in [-0.39, 0.29) is 44.3 Å². The molecule has 5 atom stereocenters. The number of carboxylic acid groups (broad SMARTS) is 2. The summed E-state index contributed by atoms with van der Waals surface area (Å²) >= 11 is 0. The van der Waals surface area contributed by atoms with Gasteiger partial charge < -0.3 is 59.9 Å². The van der Waals surface area contributed by atoms with Gasteiger partial charge in [-0.3, -0.25) is 29.2 Å². The standard InChI is InChI=1S/C20H38N10O8/c1-9(31)14(30-15(34)10(21)4-2-6-26-19(22)23)17(36)28-11(5-3-7-27-20(24)25)16(35)29-12(18(37)38)8-13(32)33/h9-12,14,31H,2-8,21H2,1H3,(H,28,36)(H,29,35)(H,30,34)(H,32,33)(H,37,38)(H4,22,23,26)(H4,24,25,27). The van der Waals surface area contributed by atoms with Gasteiger partial charge in [-0.2, -0.15) is 0 Å². The normalized spacial score (nSPS) is 14.5. The van der Waals surface area contributed by atoms with Crippen molar-refractivity contribution < 1.29 is 39.3 Å². The van der Waals surface area contributed by atoms with Crippen molar-refractivity contribution in [1.29, 1.82) is 0 Å². The first-order valence-corrected chi connectivity index (χ1v) is 11.6.